The number of benzene rings is 2. The third-order valence-electron chi connectivity index (χ3n) is 4.55. The van der Waals surface area contributed by atoms with Crippen molar-refractivity contribution in [3.63, 3.8) is 0 Å². The van der Waals surface area contributed by atoms with Crippen LogP contribution in [-0.2, 0) is 11.2 Å². The first-order chi connectivity index (χ1) is 13.1. The highest BCUT2D eigenvalue weighted by atomic mass is 16.5. The van der Waals surface area contributed by atoms with Gasteiger partial charge in [-0.1, -0.05) is 36.4 Å². The van der Waals surface area contributed by atoms with Crippen molar-refractivity contribution >= 4 is 17.0 Å². The fourth-order valence-electron chi connectivity index (χ4n) is 3.18. The average Bonchev–Trinajstić information content (AvgIpc) is 3.11. The quantitative estimate of drug-likeness (QED) is 0.549. The zero-order chi connectivity index (χ0) is 18.8. The van der Waals surface area contributed by atoms with Gasteiger partial charge in [0.25, 0.3) is 0 Å². The predicted molar refractivity (Wildman–Crippen MR) is 105 cm³/mol. The molecule has 2 N–H and O–H groups in total. The van der Waals surface area contributed by atoms with Gasteiger partial charge in [-0.05, 0) is 34.9 Å². The number of aliphatic carboxylic acids is 1. The molecule has 0 radical (unpaired) electrons. The standard InChI is InChI=1S/C22H18N2O3/c1-27-18-4-2-3-16(10-18)17-11-19-20(13-24-22(19)23-12-17)15-7-5-14(6-8-15)9-21(25)26/h2-8,10-13H,9H2,1H3,(H,23,24)(H,25,26). The van der Waals surface area contributed by atoms with Crippen molar-refractivity contribution in [2.75, 3.05) is 7.11 Å². The maximum absolute atomic E-state index is 10.9. The van der Waals surface area contributed by atoms with E-state index in [-0.39, 0.29) is 6.42 Å². The van der Waals surface area contributed by atoms with Crippen LogP contribution in [0.15, 0.2) is 67.0 Å². The molecule has 0 bridgehead atoms. The van der Waals surface area contributed by atoms with E-state index in [1.54, 1.807) is 7.11 Å². The molecule has 0 atom stereocenters. The number of ether oxygens (including phenoxy) is 1. The Morgan fingerprint density at radius 3 is 2.63 bits per heavy atom. The maximum atomic E-state index is 10.9. The molecule has 0 unspecified atom stereocenters. The minimum Gasteiger partial charge on any atom is -0.497 e. The summed E-state index contributed by atoms with van der Waals surface area (Å²) in [5.41, 5.74) is 5.68. The number of hydrogen-bond donors (Lipinski definition) is 2. The second-order valence-corrected chi connectivity index (χ2v) is 6.32. The largest absolute Gasteiger partial charge is 0.497 e. The van der Waals surface area contributed by atoms with Gasteiger partial charge < -0.3 is 14.8 Å². The molecule has 2 aromatic carbocycles. The zero-order valence-corrected chi connectivity index (χ0v) is 14.8. The number of methoxy groups -OCH3 is 1. The number of H-pyrrole nitrogens is 1. The summed E-state index contributed by atoms with van der Waals surface area (Å²) in [6.07, 6.45) is 3.79. The fourth-order valence-corrected chi connectivity index (χ4v) is 3.18. The first kappa shape index (κ1) is 16.8. The molecule has 0 amide bonds. The molecule has 0 aliphatic rings. The van der Waals surface area contributed by atoms with Crippen molar-refractivity contribution in [3.8, 4) is 28.0 Å². The SMILES string of the molecule is COc1cccc(-c2cnc3[nH]cc(-c4ccc(CC(=O)O)cc4)c3c2)c1. The summed E-state index contributed by atoms with van der Waals surface area (Å²) in [5, 5.41) is 9.93. The molecule has 2 aromatic heterocycles. The number of nitrogens with zero attached hydrogens (tertiary/aromatic N) is 1. The Balaban J connectivity index is 1.75. The number of fused-ring (bicyclic) bond motifs is 1. The van der Waals surface area contributed by atoms with Crippen LogP contribution in [0.2, 0.25) is 0 Å². The van der Waals surface area contributed by atoms with E-state index in [4.69, 9.17) is 9.84 Å². The summed E-state index contributed by atoms with van der Waals surface area (Å²) < 4.78 is 5.31. The predicted octanol–water partition coefficient (Wildman–Crippen LogP) is 4.53. The highest BCUT2D eigenvalue weighted by Gasteiger charge is 2.10. The minimum absolute atomic E-state index is 0.0235. The van der Waals surface area contributed by atoms with E-state index in [0.29, 0.717) is 0 Å². The average molecular weight is 358 g/mol. The van der Waals surface area contributed by atoms with Gasteiger partial charge in [0.1, 0.15) is 11.4 Å². The van der Waals surface area contributed by atoms with Gasteiger partial charge in [-0.2, -0.15) is 0 Å². The molecule has 0 spiro atoms. The summed E-state index contributed by atoms with van der Waals surface area (Å²) in [7, 11) is 1.65. The van der Waals surface area contributed by atoms with E-state index in [1.165, 1.54) is 0 Å². The molecule has 4 aromatic rings. The second kappa shape index (κ2) is 6.96. The monoisotopic (exact) mass is 358 g/mol. The van der Waals surface area contributed by atoms with E-state index < -0.39 is 5.97 Å². The number of rotatable bonds is 5. The Bertz CT molecular complexity index is 1110. The molecule has 0 saturated heterocycles. The summed E-state index contributed by atoms with van der Waals surface area (Å²) >= 11 is 0. The van der Waals surface area contributed by atoms with E-state index >= 15 is 0 Å². The van der Waals surface area contributed by atoms with Gasteiger partial charge in [-0.25, -0.2) is 4.98 Å². The lowest BCUT2D eigenvalue weighted by atomic mass is 10.0. The van der Waals surface area contributed by atoms with Crippen molar-refractivity contribution in [1.29, 1.82) is 0 Å². The zero-order valence-electron chi connectivity index (χ0n) is 14.8. The van der Waals surface area contributed by atoms with Gasteiger partial charge in [0.2, 0.25) is 0 Å². The van der Waals surface area contributed by atoms with Crippen LogP contribution < -0.4 is 4.74 Å². The van der Waals surface area contributed by atoms with Crippen LogP contribution in [-0.4, -0.2) is 28.2 Å². The highest BCUT2D eigenvalue weighted by molar-refractivity contribution is 5.95. The van der Waals surface area contributed by atoms with Crippen molar-refractivity contribution in [2.24, 2.45) is 0 Å². The summed E-state index contributed by atoms with van der Waals surface area (Å²) in [5.74, 6) is -0.0297. The molecule has 5 heteroatoms. The van der Waals surface area contributed by atoms with Gasteiger partial charge in [0.05, 0.1) is 13.5 Å². The third kappa shape index (κ3) is 3.40. The second-order valence-electron chi connectivity index (χ2n) is 6.32. The van der Waals surface area contributed by atoms with Crippen LogP contribution in [0, 0.1) is 0 Å². The summed E-state index contributed by atoms with van der Waals surface area (Å²) in [6, 6.07) is 17.6. The Labute approximate surface area is 156 Å². The topological polar surface area (TPSA) is 75.2 Å². The first-order valence-electron chi connectivity index (χ1n) is 8.57. The number of carboxylic acids is 1. The molecule has 4 rings (SSSR count). The molecule has 0 fully saturated rings. The van der Waals surface area contributed by atoms with Crippen molar-refractivity contribution in [1.82, 2.24) is 9.97 Å². The Kier molecular flexibility index (Phi) is 4.34. The Morgan fingerprint density at radius 1 is 1.07 bits per heavy atom. The number of aromatic amines is 1. The molecule has 134 valence electrons. The highest BCUT2D eigenvalue weighted by Crippen LogP contribution is 2.32. The number of nitrogens with one attached hydrogen (secondary N) is 1. The molecule has 0 aliphatic heterocycles. The van der Waals surface area contributed by atoms with E-state index in [2.05, 4.69) is 16.0 Å². The molecule has 5 nitrogen and oxygen atoms in total. The number of carbonyl (C=O) groups is 1. The lowest BCUT2D eigenvalue weighted by Crippen LogP contribution is -1.99. The van der Waals surface area contributed by atoms with Crippen molar-refractivity contribution < 1.29 is 14.6 Å². The van der Waals surface area contributed by atoms with E-state index in [9.17, 15) is 4.79 Å². The first-order valence-corrected chi connectivity index (χ1v) is 8.57. The van der Waals surface area contributed by atoms with Crippen LogP contribution in [0.3, 0.4) is 0 Å². The lowest BCUT2D eigenvalue weighted by Gasteiger charge is -2.06. The summed E-state index contributed by atoms with van der Waals surface area (Å²) in [6.45, 7) is 0. The Hall–Kier alpha value is -3.60. The smallest absolute Gasteiger partial charge is 0.307 e. The van der Waals surface area contributed by atoms with Gasteiger partial charge in [-0.3, -0.25) is 4.79 Å². The van der Waals surface area contributed by atoms with Crippen LogP contribution in [0.5, 0.6) is 5.75 Å². The fraction of sp³-hybridized carbons (Fsp3) is 0.0909. The number of hydrogen-bond acceptors (Lipinski definition) is 3. The van der Waals surface area contributed by atoms with Crippen LogP contribution in [0.25, 0.3) is 33.3 Å². The van der Waals surface area contributed by atoms with E-state index in [1.807, 2.05) is 60.9 Å². The van der Waals surface area contributed by atoms with Crippen LogP contribution >= 0.6 is 0 Å². The van der Waals surface area contributed by atoms with Crippen molar-refractivity contribution in [2.45, 2.75) is 6.42 Å². The van der Waals surface area contributed by atoms with Crippen molar-refractivity contribution in [3.05, 3.63) is 72.6 Å². The maximum Gasteiger partial charge on any atom is 0.307 e. The molecule has 0 saturated carbocycles. The molecular weight excluding hydrogens is 340 g/mol. The molecular formula is C22H18N2O3. The normalized spacial score (nSPS) is 10.9. The molecule has 0 aliphatic carbocycles. The third-order valence-corrected chi connectivity index (χ3v) is 4.55. The molecule has 2 heterocycles. The number of pyridine rings is 1. The summed E-state index contributed by atoms with van der Waals surface area (Å²) in [4.78, 5) is 18.6. The number of carboxylic acid groups (broad SMARTS) is 1. The van der Waals surface area contributed by atoms with Crippen LogP contribution in [0.4, 0.5) is 0 Å². The van der Waals surface area contributed by atoms with Gasteiger partial charge in [0.15, 0.2) is 0 Å². The molecule has 27 heavy (non-hydrogen) atoms. The van der Waals surface area contributed by atoms with Gasteiger partial charge in [0, 0.05) is 28.9 Å². The van der Waals surface area contributed by atoms with E-state index in [0.717, 1.165) is 44.6 Å². The van der Waals surface area contributed by atoms with Crippen LogP contribution in [0.1, 0.15) is 5.56 Å². The number of aromatic nitrogens is 2. The minimum atomic E-state index is -0.832. The van der Waals surface area contributed by atoms with Gasteiger partial charge >= 0.3 is 5.97 Å². The lowest BCUT2D eigenvalue weighted by molar-refractivity contribution is -0.136. The van der Waals surface area contributed by atoms with Gasteiger partial charge in [-0.15, -0.1) is 0 Å². The Morgan fingerprint density at radius 2 is 1.89 bits per heavy atom.